The van der Waals surface area contributed by atoms with Crippen LogP contribution >= 0.6 is 0 Å². The molecule has 1 heterocycles. The largest absolute Gasteiger partial charge is 1.00 e. The molecule has 1 aromatic heterocycles. The predicted octanol–water partition coefficient (Wildman–Crippen LogP) is 1.46. The average Bonchev–Trinajstić information content (AvgIpc) is 2.56. The lowest BCUT2D eigenvalue weighted by atomic mass is 10.1. The Kier molecular flexibility index (Phi) is 5.56. The van der Waals surface area contributed by atoms with Crippen molar-refractivity contribution in [2.45, 2.75) is 20.8 Å². The van der Waals surface area contributed by atoms with Gasteiger partial charge in [0.15, 0.2) is 5.82 Å². The molecule has 0 spiro atoms. The van der Waals surface area contributed by atoms with E-state index in [1.54, 1.807) is 0 Å². The molecule has 4 heteroatoms. The molecule has 0 saturated heterocycles. The Labute approximate surface area is 143 Å². The normalized spacial score (nSPS) is 10.4. The molecule has 3 aromatic rings. The van der Waals surface area contributed by atoms with Crippen molar-refractivity contribution < 1.29 is 12.4 Å². The van der Waals surface area contributed by atoms with Crippen molar-refractivity contribution in [1.82, 2.24) is 9.97 Å². The number of aryl methyl sites for hydroxylation is 1. The molecule has 0 unspecified atom stereocenters. The lowest BCUT2D eigenvalue weighted by Gasteiger charge is -2.22. The van der Waals surface area contributed by atoms with E-state index >= 15 is 0 Å². The topological polar surface area (TPSA) is 29.0 Å². The summed E-state index contributed by atoms with van der Waals surface area (Å²) in [4.78, 5) is 11.9. The van der Waals surface area contributed by atoms with E-state index in [0.29, 0.717) is 0 Å². The van der Waals surface area contributed by atoms with Crippen molar-refractivity contribution in [2.75, 3.05) is 18.0 Å². The summed E-state index contributed by atoms with van der Waals surface area (Å²) in [5, 5.41) is 1.11. The maximum atomic E-state index is 4.86. The number of nitrogens with zero attached hydrogens (tertiary/aromatic N) is 3. The highest BCUT2D eigenvalue weighted by Gasteiger charge is 2.13. The van der Waals surface area contributed by atoms with E-state index < -0.39 is 0 Å². The molecule has 3 nitrogen and oxygen atoms in total. The Hall–Kier alpha value is -2.13. The van der Waals surface area contributed by atoms with Crippen LogP contribution in [0.5, 0.6) is 0 Å². The number of halogens is 1. The van der Waals surface area contributed by atoms with Gasteiger partial charge in [0.2, 0.25) is 0 Å². The molecular formula is C19H21ClN3-. The molecule has 0 aliphatic carbocycles. The maximum Gasteiger partial charge on any atom is 0.162 e. The highest BCUT2D eigenvalue weighted by Crippen LogP contribution is 2.27. The van der Waals surface area contributed by atoms with E-state index in [1.165, 1.54) is 5.56 Å². The van der Waals surface area contributed by atoms with Gasteiger partial charge in [-0.1, -0.05) is 42.0 Å². The van der Waals surface area contributed by atoms with Gasteiger partial charge >= 0.3 is 0 Å². The van der Waals surface area contributed by atoms with Crippen LogP contribution in [0.15, 0.2) is 48.5 Å². The average molecular weight is 327 g/mol. The fourth-order valence-electron chi connectivity index (χ4n) is 2.66. The lowest BCUT2D eigenvalue weighted by molar-refractivity contribution is -0.00000468. The van der Waals surface area contributed by atoms with E-state index in [9.17, 15) is 0 Å². The van der Waals surface area contributed by atoms with Gasteiger partial charge in [0.05, 0.1) is 5.52 Å². The smallest absolute Gasteiger partial charge is 0.162 e. The SMILES string of the molecule is CCN(CC)c1nc(-c2ccc(C)cc2)nc2ccccc12.[Cl-]. The number of aromatic nitrogens is 2. The fraction of sp³-hybridized carbons (Fsp3) is 0.263. The van der Waals surface area contributed by atoms with E-state index in [-0.39, 0.29) is 12.4 Å². The van der Waals surface area contributed by atoms with Crippen molar-refractivity contribution >= 4 is 16.7 Å². The van der Waals surface area contributed by atoms with Crippen LogP contribution in [0.2, 0.25) is 0 Å². The van der Waals surface area contributed by atoms with E-state index in [0.717, 1.165) is 41.2 Å². The van der Waals surface area contributed by atoms with Crippen LogP contribution in [0.3, 0.4) is 0 Å². The van der Waals surface area contributed by atoms with E-state index in [4.69, 9.17) is 9.97 Å². The van der Waals surface area contributed by atoms with Gasteiger partial charge in [0, 0.05) is 24.0 Å². The maximum absolute atomic E-state index is 4.86. The quantitative estimate of drug-likeness (QED) is 0.727. The van der Waals surface area contributed by atoms with Gasteiger partial charge < -0.3 is 17.3 Å². The van der Waals surface area contributed by atoms with Gasteiger partial charge in [-0.25, -0.2) is 9.97 Å². The summed E-state index contributed by atoms with van der Waals surface area (Å²) in [6, 6.07) is 16.6. The van der Waals surface area contributed by atoms with E-state index in [2.05, 4.69) is 62.1 Å². The zero-order valence-corrected chi connectivity index (χ0v) is 14.5. The molecule has 0 radical (unpaired) electrons. The molecule has 2 aromatic carbocycles. The molecule has 0 amide bonds. The molecule has 120 valence electrons. The number of rotatable bonds is 4. The minimum Gasteiger partial charge on any atom is -1.00 e. The third-order valence-electron chi connectivity index (χ3n) is 3.96. The first-order valence-corrected chi connectivity index (χ1v) is 7.81. The van der Waals surface area contributed by atoms with Gasteiger partial charge in [-0.3, -0.25) is 0 Å². The minimum absolute atomic E-state index is 0. The van der Waals surface area contributed by atoms with Crippen molar-refractivity contribution in [2.24, 2.45) is 0 Å². The number of hydrogen-bond acceptors (Lipinski definition) is 3. The van der Waals surface area contributed by atoms with Crippen LogP contribution in [-0.4, -0.2) is 23.1 Å². The van der Waals surface area contributed by atoms with Crippen LogP contribution in [-0.2, 0) is 0 Å². The van der Waals surface area contributed by atoms with Crippen LogP contribution in [0, 0.1) is 6.92 Å². The summed E-state index contributed by atoms with van der Waals surface area (Å²) >= 11 is 0. The Morgan fingerprint density at radius 1 is 0.870 bits per heavy atom. The standard InChI is InChI=1S/C19H21N3.ClH/c1-4-22(5-2)19-16-8-6-7-9-17(16)20-18(21-19)15-12-10-14(3)11-13-15;/h6-13H,4-5H2,1-3H3;1H/p-1. The zero-order chi connectivity index (χ0) is 15.5. The molecule has 0 atom stereocenters. The summed E-state index contributed by atoms with van der Waals surface area (Å²) in [5.41, 5.74) is 3.30. The molecule has 0 saturated carbocycles. The van der Waals surface area contributed by atoms with Crippen LogP contribution in [0.25, 0.3) is 22.3 Å². The van der Waals surface area contributed by atoms with Gasteiger partial charge in [-0.2, -0.15) is 0 Å². The first-order valence-electron chi connectivity index (χ1n) is 7.81. The summed E-state index contributed by atoms with van der Waals surface area (Å²) < 4.78 is 0. The molecule has 0 bridgehead atoms. The van der Waals surface area contributed by atoms with Gasteiger partial charge in [-0.15, -0.1) is 0 Å². The highest BCUT2D eigenvalue weighted by atomic mass is 35.5. The summed E-state index contributed by atoms with van der Waals surface area (Å²) in [6.07, 6.45) is 0. The molecule has 0 fully saturated rings. The summed E-state index contributed by atoms with van der Waals surface area (Å²) in [6.45, 7) is 8.28. The second-order valence-corrected chi connectivity index (χ2v) is 5.43. The Bertz CT molecular complexity index is 780. The van der Waals surface area contributed by atoms with Crippen molar-refractivity contribution in [1.29, 1.82) is 0 Å². The number of hydrogen-bond donors (Lipinski definition) is 0. The Morgan fingerprint density at radius 2 is 1.52 bits per heavy atom. The second-order valence-electron chi connectivity index (χ2n) is 5.43. The lowest BCUT2D eigenvalue weighted by Crippen LogP contribution is -3.00. The van der Waals surface area contributed by atoms with Crippen molar-refractivity contribution in [3.8, 4) is 11.4 Å². The van der Waals surface area contributed by atoms with Crippen LogP contribution in [0.1, 0.15) is 19.4 Å². The predicted molar refractivity (Wildman–Crippen MR) is 93.3 cm³/mol. The van der Waals surface area contributed by atoms with Crippen molar-refractivity contribution in [3.63, 3.8) is 0 Å². The summed E-state index contributed by atoms with van der Waals surface area (Å²) in [5.74, 6) is 1.81. The van der Waals surface area contributed by atoms with Crippen LogP contribution in [0.4, 0.5) is 5.82 Å². The number of anilines is 1. The third kappa shape index (κ3) is 3.45. The number of benzene rings is 2. The second kappa shape index (κ2) is 7.42. The Morgan fingerprint density at radius 3 is 2.17 bits per heavy atom. The first kappa shape index (κ1) is 17.2. The zero-order valence-electron chi connectivity index (χ0n) is 13.8. The number of fused-ring (bicyclic) bond motifs is 1. The van der Waals surface area contributed by atoms with Crippen molar-refractivity contribution in [3.05, 3.63) is 54.1 Å². The molecule has 0 aliphatic heterocycles. The van der Waals surface area contributed by atoms with Gasteiger partial charge in [0.1, 0.15) is 5.82 Å². The number of para-hydroxylation sites is 1. The third-order valence-corrected chi connectivity index (χ3v) is 3.96. The van der Waals surface area contributed by atoms with Crippen LogP contribution < -0.4 is 17.3 Å². The van der Waals surface area contributed by atoms with E-state index in [1.807, 2.05) is 12.1 Å². The summed E-state index contributed by atoms with van der Waals surface area (Å²) in [7, 11) is 0. The fourth-order valence-corrected chi connectivity index (χ4v) is 2.66. The Balaban J connectivity index is 0.00000192. The molecule has 0 aliphatic rings. The molecule has 0 N–H and O–H groups in total. The first-order chi connectivity index (χ1) is 10.7. The molecule has 23 heavy (non-hydrogen) atoms. The van der Waals surface area contributed by atoms with Gasteiger partial charge in [-0.05, 0) is 32.9 Å². The molecule has 3 rings (SSSR count). The van der Waals surface area contributed by atoms with Gasteiger partial charge in [0.25, 0.3) is 0 Å². The highest BCUT2D eigenvalue weighted by molar-refractivity contribution is 5.91. The minimum atomic E-state index is 0. The molecular weight excluding hydrogens is 306 g/mol. The monoisotopic (exact) mass is 326 g/mol.